The molecule has 1 rings (SSSR count). The Morgan fingerprint density at radius 3 is 2.68 bits per heavy atom. The zero-order valence-corrected chi connectivity index (χ0v) is 14.7. The molecule has 0 radical (unpaired) electrons. The van der Waals surface area contributed by atoms with Crippen LogP contribution in [0.25, 0.3) is 0 Å². The first kappa shape index (κ1) is 17.0. The molecule has 1 N–H and O–H groups in total. The molecule has 1 heterocycles. The van der Waals surface area contributed by atoms with Crippen LogP contribution in [0.3, 0.4) is 0 Å². The number of nitrogens with zero attached hydrogens (tertiary/aromatic N) is 1. The lowest BCUT2D eigenvalue weighted by Crippen LogP contribution is -2.42. The van der Waals surface area contributed by atoms with Gasteiger partial charge in [-0.15, -0.1) is 4.72 Å². The van der Waals surface area contributed by atoms with Gasteiger partial charge in [0, 0.05) is 35.0 Å². The van der Waals surface area contributed by atoms with E-state index in [2.05, 4.69) is 38.6 Å². The monoisotopic (exact) mass is 346 g/mol. The van der Waals surface area contributed by atoms with Crippen molar-refractivity contribution >= 4 is 27.3 Å². The SMILES string of the molecule is CCN[S+]([O-])C(C)(C)CC(C)c1cnc(C)c(Br)c1. The Kier molecular flexibility index (Phi) is 6.30. The summed E-state index contributed by atoms with van der Waals surface area (Å²) in [4.78, 5) is 4.37. The molecule has 3 nitrogen and oxygen atoms in total. The summed E-state index contributed by atoms with van der Waals surface area (Å²) in [5, 5.41) is 0. The molecule has 0 fully saturated rings. The largest absolute Gasteiger partial charge is 0.598 e. The van der Waals surface area contributed by atoms with Crippen LogP contribution < -0.4 is 4.72 Å². The molecular formula is C14H23BrN2OS. The minimum Gasteiger partial charge on any atom is -0.598 e. The number of hydrogen-bond donors (Lipinski definition) is 1. The first-order chi connectivity index (χ1) is 8.77. The molecule has 0 aromatic carbocycles. The molecule has 0 amide bonds. The number of nitrogens with one attached hydrogen (secondary N) is 1. The summed E-state index contributed by atoms with van der Waals surface area (Å²) in [5.41, 5.74) is 2.17. The third-order valence-corrected chi connectivity index (χ3v) is 5.71. The van der Waals surface area contributed by atoms with Gasteiger partial charge < -0.3 is 4.55 Å². The average molecular weight is 347 g/mol. The van der Waals surface area contributed by atoms with Crippen LogP contribution in [0.2, 0.25) is 0 Å². The lowest BCUT2D eigenvalue weighted by Gasteiger charge is -2.30. The topological polar surface area (TPSA) is 48.0 Å². The Labute approximate surface area is 128 Å². The summed E-state index contributed by atoms with van der Waals surface area (Å²) in [6.45, 7) is 10.9. The van der Waals surface area contributed by atoms with E-state index in [9.17, 15) is 4.55 Å². The molecule has 1 aromatic heterocycles. The Hall–Kier alpha value is -0.100. The minimum atomic E-state index is -1.02. The third-order valence-electron chi connectivity index (χ3n) is 3.19. The van der Waals surface area contributed by atoms with E-state index < -0.39 is 11.4 Å². The number of aromatic nitrogens is 1. The third kappa shape index (κ3) is 4.74. The number of rotatable bonds is 6. The zero-order chi connectivity index (χ0) is 14.6. The Morgan fingerprint density at radius 1 is 1.53 bits per heavy atom. The first-order valence-corrected chi connectivity index (χ1v) is 8.49. The van der Waals surface area contributed by atoms with Gasteiger partial charge in [0.15, 0.2) is 0 Å². The van der Waals surface area contributed by atoms with Crippen molar-refractivity contribution in [2.45, 2.75) is 51.7 Å². The van der Waals surface area contributed by atoms with E-state index in [1.165, 1.54) is 5.56 Å². The fourth-order valence-corrected chi connectivity index (χ4v) is 3.47. The van der Waals surface area contributed by atoms with E-state index >= 15 is 0 Å². The number of hydrogen-bond acceptors (Lipinski definition) is 3. The maximum absolute atomic E-state index is 12.1. The molecular weight excluding hydrogens is 324 g/mol. The van der Waals surface area contributed by atoms with Gasteiger partial charge in [-0.1, -0.05) is 6.92 Å². The molecule has 5 heteroatoms. The standard InChI is InChI=1S/C14H23BrN2OS/c1-6-17-19(18)14(4,5)8-10(2)12-7-13(15)11(3)16-9-12/h7,9-10,17H,6,8H2,1-5H3. The Morgan fingerprint density at radius 2 is 2.16 bits per heavy atom. The second-order valence-corrected chi connectivity index (χ2v) is 8.25. The van der Waals surface area contributed by atoms with Crippen LogP contribution in [0, 0.1) is 6.92 Å². The summed E-state index contributed by atoms with van der Waals surface area (Å²) in [5.74, 6) is 0.321. The van der Waals surface area contributed by atoms with Gasteiger partial charge in [0.2, 0.25) is 0 Å². The molecule has 0 spiro atoms. The molecule has 19 heavy (non-hydrogen) atoms. The molecule has 0 saturated heterocycles. The molecule has 2 unspecified atom stereocenters. The van der Waals surface area contributed by atoms with Gasteiger partial charge in [-0.25, -0.2) is 0 Å². The van der Waals surface area contributed by atoms with Crippen molar-refractivity contribution in [3.63, 3.8) is 0 Å². The second-order valence-electron chi connectivity index (χ2n) is 5.47. The van der Waals surface area contributed by atoms with Crippen LogP contribution in [0.15, 0.2) is 16.7 Å². The minimum absolute atomic E-state index is 0.257. The molecule has 0 aliphatic carbocycles. The van der Waals surface area contributed by atoms with E-state index in [1.54, 1.807) is 0 Å². The van der Waals surface area contributed by atoms with Crippen LogP contribution >= 0.6 is 15.9 Å². The highest BCUT2D eigenvalue weighted by molar-refractivity contribution is 9.10. The van der Waals surface area contributed by atoms with Gasteiger partial charge in [-0.2, -0.15) is 0 Å². The lowest BCUT2D eigenvalue weighted by molar-refractivity contribution is 0.490. The fourth-order valence-electron chi connectivity index (χ4n) is 2.05. The highest BCUT2D eigenvalue weighted by Crippen LogP contribution is 2.31. The Bertz CT molecular complexity index is 426. The zero-order valence-electron chi connectivity index (χ0n) is 12.3. The normalized spacial score (nSPS) is 15.3. The van der Waals surface area contributed by atoms with Crippen molar-refractivity contribution < 1.29 is 4.55 Å². The predicted molar refractivity (Wildman–Crippen MR) is 85.6 cm³/mol. The van der Waals surface area contributed by atoms with Gasteiger partial charge in [-0.3, -0.25) is 4.98 Å². The molecule has 2 atom stereocenters. The number of halogens is 1. The summed E-state index contributed by atoms with van der Waals surface area (Å²) >= 11 is 2.50. The molecule has 0 aliphatic heterocycles. The summed E-state index contributed by atoms with van der Waals surface area (Å²) in [6.07, 6.45) is 2.76. The van der Waals surface area contributed by atoms with Gasteiger partial charge in [-0.05, 0) is 61.2 Å². The Balaban J connectivity index is 2.77. The summed E-state index contributed by atoms with van der Waals surface area (Å²) in [6, 6.07) is 2.11. The van der Waals surface area contributed by atoms with Crippen LogP contribution in [-0.4, -0.2) is 20.8 Å². The van der Waals surface area contributed by atoms with E-state index in [1.807, 2.05) is 33.9 Å². The smallest absolute Gasteiger partial charge is 0.140 e. The number of aryl methyl sites for hydroxylation is 1. The predicted octanol–water partition coefficient (Wildman–Crippen LogP) is 3.70. The molecule has 108 valence electrons. The van der Waals surface area contributed by atoms with Gasteiger partial charge in [0.25, 0.3) is 0 Å². The highest BCUT2D eigenvalue weighted by atomic mass is 79.9. The van der Waals surface area contributed by atoms with Gasteiger partial charge in [0.05, 0.1) is 5.69 Å². The van der Waals surface area contributed by atoms with Crippen LogP contribution in [-0.2, 0) is 11.4 Å². The van der Waals surface area contributed by atoms with Crippen molar-refractivity contribution in [1.82, 2.24) is 9.71 Å². The second kappa shape index (κ2) is 7.07. The molecule has 1 aromatic rings. The lowest BCUT2D eigenvalue weighted by atomic mass is 9.92. The van der Waals surface area contributed by atoms with Crippen LogP contribution in [0.5, 0.6) is 0 Å². The molecule has 0 aliphatic rings. The van der Waals surface area contributed by atoms with Crippen molar-refractivity contribution in [3.8, 4) is 0 Å². The van der Waals surface area contributed by atoms with Crippen molar-refractivity contribution in [1.29, 1.82) is 0 Å². The average Bonchev–Trinajstić information content (AvgIpc) is 2.32. The van der Waals surface area contributed by atoms with Crippen LogP contribution in [0.4, 0.5) is 0 Å². The maximum atomic E-state index is 12.1. The van der Waals surface area contributed by atoms with E-state index in [4.69, 9.17) is 0 Å². The highest BCUT2D eigenvalue weighted by Gasteiger charge is 2.34. The fraction of sp³-hybridized carbons (Fsp3) is 0.643. The van der Waals surface area contributed by atoms with Crippen molar-refractivity contribution in [3.05, 3.63) is 28.0 Å². The maximum Gasteiger partial charge on any atom is 0.140 e. The summed E-state index contributed by atoms with van der Waals surface area (Å²) in [7, 11) is 0. The van der Waals surface area contributed by atoms with E-state index in [-0.39, 0.29) is 4.75 Å². The summed E-state index contributed by atoms with van der Waals surface area (Å²) < 4.78 is 15.9. The van der Waals surface area contributed by atoms with E-state index in [0.717, 1.165) is 23.1 Å². The number of pyridine rings is 1. The van der Waals surface area contributed by atoms with Crippen LogP contribution in [0.1, 0.15) is 51.3 Å². The van der Waals surface area contributed by atoms with Gasteiger partial charge in [0.1, 0.15) is 4.75 Å². The van der Waals surface area contributed by atoms with Crippen molar-refractivity contribution in [2.75, 3.05) is 6.54 Å². The molecule has 0 bridgehead atoms. The quantitative estimate of drug-likeness (QED) is 0.799. The first-order valence-electron chi connectivity index (χ1n) is 6.55. The molecule has 0 saturated carbocycles. The van der Waals surface area contributed by atoms with Crippen molar-refractivity contribution in [2.24, 2.45) is 0 Å². The van der Waals surface area contributed by atoms with E-state index in [0.29, 0.717) is 5.92 Å². The van der Waals surface area contributed by atoms with Gasteiger partial charge >= 0.3 is 0 Å².